The minimum absolute atomic E-state index is 0. The Hall–Kier alpha value is -6.17. The molecule has 0 aliphatic carbocycles. The Bertz CT molecular complexity index is 2080. The van der Waals surface area contributed by atoms with E-state index in [1.165, 1.54) is 20.5 Å². The fraction of sp³-hybridized carbons (Fsp3) is 0.250. The van der Waals surface area contributed by atoms with E-state index in [2.05, 4.69) is 29.4 Å². The molecule has 5 aromatic rings. The topological polar surface area (TPSA) is 265 Å². The van der Waals surface area contributed by atoms with E-state index in [4.69, 9.17) is 36.0 Å². The van der Waals surface area contributed by atoms with Crippen LogP contribution in [-0.2, 0) is 30.4 Å². The molecule has 0 amide bonds. The van der Waals surface area contributed by atoms with Crippen LogP contribution in [0.15, 0.2) is 109 Å². The van der Waals surface area contributed by atoms with Crippen molar-refractivity contribution in [3.05, 3.63) is 143 Å². The summed E-state index contributed by atoms with van der Waals surface area (Å²) in [6, 6.07) is 21.3. The largest absolute Gasteiger partial charge is 1.00 e. The van der Waals surface area contributed by atoms with Gasteiger partial charge in [0.1, 0.15) is 6.29 Å². The molecule has 322 valence electrons. The number of hydrogen-bond donors (Lipinski definition) is 3. The quantitative estimate of drug-likeness (QED) is 0.0325. The van der Waals surface area contributed by atoms with Crippen LogP contribution in [-0.4, -0.2) is 83.0 Å². The maximum absolute atomic E-state index is 11.4. The maximum Gasteiger partial charge on any atom is 1.00 e. The summed E-state index contributed by atoms with van der Waals surface area (Å²) in [5.74, 6) is -0.370. The standard InChI is InChI=1S/C13H12N2O2.C12H12N2O.C9H10N2O2.C6H10O2.C2H4O2.CH3O.CH4.Na/c1-9-7-14-12(15-8-9)10-4-3-5-11(6-10)13(16)17-2;1-9-6-13-12(14-7-9)11-4-2-3-10(5-11)8-15;1-13-9(12)7-4-2-3-6(5-7)8(10)11;1-3-8-5-6(2)4-7;1-2(3)4;1-2;;/h3-8H,1-2H3;2-7,15H,8H2,1H3;2-5H,1H3,(H3,10,11);4-5H,3H2,1-2H3;1H3,(H,3,4);1H3;1H4;/q;;;;;-1;;+1/b;;;6-5+;;;;. The van der Waals surface area contributed by atoms with Gasteiger partial charge in [0.05, 0.1) is 50.4 Å². The molecule has 61 heavy (non-hydrogen) atoms. The van der Waals surface area contributed by atoms with Gasteiger partial charge in [-0.3, -0.25) is 15.9 Å². The molecule has 3 aromatic carbocycles. The number of ether oxygens (including phenoxy) is 3. The van der Waals surface area contributed by atoms with Gasteiger partial charge in [0.25, 0.3) is 5.84 Å². The number of carboxylic acids is 1. The summed E-state index contributed by atoms with van der Waals surface area (Å²) < 4.78 is 14.0. The van der Waals surface area contributed by atoms with Crippen molar-refractivity contribution in [3.8, 4) is 22.8 Å². The van der Waals surface area contributed by atoms with Crippen molar-refractivity contribution < 1.29 is 83.7 Å². The molecule has 0 atom stereocenters. The first kappa shape index (κ1) is 59.1. The van der Waals surface area contributed by atoms with Crippen LogP contribution in [0.5, 0.6) is 0 Å². The maximum atomic E-state index is 11.4. The van der Waals surface area contributed by atoms with Crippen molar-refractivity contribution in [2.24, 2.45) is 5.73 Å². The smallest absolute Gasteiger partial charge is 0.857 e. The van der Waals surface area contributed by atoms with Gasteiger partial charge >= 0.3 is 41.5 Å². The predicted molar refractivity (Wildman–Crippen MR) is 224 cm³/mol. The number of carbonyl (C=O) groups is 4. The molecule has 0 spiro atoms. The Morgan fingerprint density at radius 1 is 0.754 bits per heavy atom. The number of allylic oxidation sites excluding steroid dienone is 1. The molecule has 2 aromatic heterocycles. The number of aldehydes is 1. The van der Waals surface area contributed by atoms with Gasteiger partial charge in [-0.1, -0.05) is 43.8 Å². The van der Waals surface area contributed by atoms with E-state index in [0.29, 0.717) is 40.5 Å². The first-order valence-electron chi connectivity index (χ1n) is 17.5. The second kappa shape index (κ2) is 34.7. The van der Waals surface area contributed by atoms with Gasteiger partial charge in [-0.2, -0.15) is 7.11 Å². The van der Waals surface area contributed by atoms with Crippen molar-refractivity contribution in [2.75, 3.05) is 27.9 Å². The molecular formula is C44H55N6NaO10. The van der Waals surface area contributed by atoms with Gasteiger partial charge in [-0.05, 0) is 87.7 Å². The van der Waals surface area contributed by atoms with E-state index in [1.54, 1.807) is 74.2 Å². The Morgan fingerprint density at radius 2 is 1.15 bits per heavy atom. The molecule has 0 unspecified atom stereocenters. The third kappa shape index (κ3) is 25.1. The van der Waals surface area contributed by atoms with Gasteiger partial charge in [-0.25, -0.2) is 29.5 Å². The van der Waals surface area contributed by atoms with E-state index >= 15 is 0 Å². The van der Waals surface area contributed by atoms with Crippen molar-refractivity contribution in [1.29, 1.82) is 0 Å². The molecule has 0 aliphatic rings. The van der Waals surface area contributed by atoms with Crippen LogP contribution >= 0.6 is 0 Å². The molecule has 0 radical (unpaired) electrons. The zero-order valence-corrected chi connectivity index (χ0v) is 37.4. The van der Waals surface area contributed by atoms with E-state index < -0.39 is 11.9 Å². The number of nitrogens with zero attached hydrogens (tertiary/aromatic N) is 4. The fourth-order valence-corrected chi connectivity index (χ4v) is 3.98. The third-order valence-corrected chi connectivity index (χ3v) is 6.71. The van der Waals surface area contributed by atoms with Crippen LogP contribution in [0.3, 0.4) is 0 Å². The van der Waals surface area contributed by atoms with E-state index in [1.807, 2.05) is 51.1 Å². The minimum Gasteiger partial charge on any atom is -0.857 e. The van der Waals surface area contributed by atoms with Gasteiger partial charge in [0.15, 0.2) is 11.6 Å². The average Bonchev–Trinajstić information content (AvgIpc) is 3.26. The first-order chi connectivity index (χ1) is 28.2. The molecule has 17 heteroatoms. The molecule has 0 fully saturated rings. The number of aliphatic hydroxyl groups is 1. The molecule has 2 heterocycles. The van der Waals surface area contributed by atoms with Crippen LogP contribution in [0, 0.1) is 13.8 Å². The summed E-state index contributed by atoms with van der Waals surface area (Å²) in [6.07, 6.45) is 9.27. The summed E-state index contributed by atoms with van der Waals surface area (Å²) in [5, 5.41) is 31.5. The number of rotatable bonds is 9. The van der Waals surface area contributed by atoms with Crippen LogP contribution in [0.25, 0.3) is 22.8 Å². The first-order valence-corrected chi connectivity index (χ1v) is 17.5. The number of aliphatic hydroxyl groups excluding tert-OH is 1. The second-order valence-corrected chi connectivity index (χ2v) is 11.6. The molecule has 0 bridgehead atoms. The van der Waals surface area contributed by atoms with Crippen LogP contribution in [0.1, 0.15) is 71.2 Å². The number of benzene rings is 3. The zero-order chi connectivity index (χ0) is 44.8. The van der Waals surface area contributed by atoms with Crippen LogP contribution in [0.2, 0.25) is 0 Å². The normalized spacial score (nSPS) is 9.25. The number of nitrogens with two attached hydrogens (primary N) is 2. The summed E-state index contributed by atoms with van der Waals surface area (Å²) in [7, 11) is 3.43. The summed E-state index contributed by atoms with van der Waals surface area (Å²) in [5.41, 5.74) is 12.2. The number of carboxylic acid groups (broad SMARTS) is 1. The predicted octanol–water partition coefficient (Wildman–Crippen LogP) is -0.381. The second-order valence-electron chi connectivity index (χ2n) is 11.6. The summed E-state index contributed by atoms with van der Waals surface area (Å²) in [6.45, 7) is 9.07. The van der Waals surface area contributed by atoms with Crippen molar-refractivity contribution in [2.45, 2.75) is 48.7 Å². The molecule has 5 N–H and O–H groups in total. The number of aryl methyl sites for hydroxylation is 2. The number of carbonyl (C=O) groups excluding carboxylic acids is 4. The molecule has 0 saturated carbocycles. The Balaban J connectivity index is -0.000000713. The number of methoxy groups -OCH3 is 2. The van der Waals surface area contributed by atoms with Gasteiger partial charge in [-0.15, -0.1) is 0 Å². The van der Waals surface area contributed by atoms with E-state index in [-0.39, 0.29) is 55.4 Å². The monoisotopic (exact) mass is 850 g/mol. The number of amidine groups is 1. The van der Waals surface area contributed by atoms with E-state index in [9.17, 15) is 14.4 Å². The van der Waals surface area contributed by atoms with Crippen molar-refractivity contribution >= 4 is 30.0 Å². The minimum atomic E-state index is -1.08. The number of esters is 2. The molecule has 0 saturated heterocycles. The molecule has 5 rings (SSSR count). The Kier molecular flexibility index (Phi) is 33.6. The summed E-state index contributed by atoms with van der Waals surface area (Å²) in [4.78, 5) is 58.1. The Morgan fingerprint density at radius 3 is 1.54 bits per heavy atom. The van der Waals surface area contributed by atoms with Crippen molar-refractivity contribution in [1.82, 2.24) is 19.9 Å². The van der Waals surface area contributed by atoms with Gasteiger partial charge in [0.2, 0.25) is 0 Å². The van der Waals surface area contributed by atoms with Crippen LogP contribution in [0.4, 0.5) is 0 Å². The number of aromatic nitrogens is 4. The molecule has 0 aliphatic heterocycles. The Labute approximate surface area is 379 Å². The van der Waals surface area contributed by atoms with Gasteiger partial charge in [0, 0.05) is 47.5 Å². The SMILES string of the molecule is C.CC(=O)[O-].CCO/C=C(\C)C=O.COC(=O)c1cccc(-c2ncc(C)cn2)c1.COC(=O)c1cccc(C(N)=[NH2+])c1.C[O-].Cc1cnc(-c2cccc(CO)c2)nc1.[Na+]. The van der Waals surface area contributed by atoms with E-state index in [0.717, 1.165) is 48.1 Å². The van der Waals surface area contributed by atoms with Crippen molar-refractivity contribution in [3.63, 3.8) is 0 Å². The summed E-state index contributed by atoms with van der Waals surface area (Å²) >= 11 is 0. The number of aliphatic carboxylic acids is 1. The molecular weight excluding hydrogens is 796 g/mol. The van der Waals surface area contributed by atoms with Gasteiger partial charge < -0.3 is 34.3 Å². The molecule has 16 nitrogen and oxygen atoms in total. The fourth-order valence-electron chi connectivity index (χ4n) is 3.98. The average molecular weight is 851 g/mol. The third-order valence-electron chi connectivity index (χ3n) is 6.71. The number of hydrogen-bond acceptors (Lipinski definition) is 14. The van der Waals surface area contributed by atoms with Crippen LogP contribution < -0.4 is 50.9 Å². The zero-order valence-electron chi connectivity index (χ0n) is 35.4.